The number of alkyl halides is 1. The van der Waals surface area contributed by atoms with E-state index in [1.807, 2.05) is 60.7 Å². The molecule has 34 heavy (non-hydrogen) atoms. The predicted octanol–water partition coefficient (Wildman–Crippen LogP) is 4.28. The molecule has 2 N–H and O–H groups in total. The molecule has 1 unspecified atom stereocenters. The Morgan fingerprint density at radius 1 is 0.941 bits per heavy atom. The third-order valence-electron chi connectivity index (χ3n) is 5.46. The molecule has 4 rings (SSSR count). The van der Waals surface area contributed by atoms with Crippen molar-refractivity contribution in [3.05, 3.63) is 95.7 Å². The van der Waals surface area contributed by atoms with Gasteiger partial charge in [-0.1, -0.05) is 60.7 Å². The molecule has 0 saturated carbocycles. The zero-order valence-corrected chi connectivity index (χ0v) is 18.7. The molecule has 2 aromatic heterocycles. The van der Waals surface area contributed by atoms with E-state index in [4.69, 9.17) is 19.9 Å². The van der Waals surface area contributed by atoms with Gasteiger partial charge in [0, 0.05) is 7.11 Å². The van der Waals surface area contributed by atoms with E-state index in [1.165, 1.54) is 13.2 Å². The highest BCUT2D eigenvalue weighted by molar-refractivity contribution is 5.65. The quantitative estimate of drug-likeness (QED) is 0.354. The molecular weight excluding hydrogens is 442 g/mol. The lowest BCUT2D eigenvalue weighted by Gasteiger charge is -2.29. The second-order valence-corrected chi connectivity index (χ2v) is 7.76. The van der Waals surface area contributed by atoms with Gasteiger partial charge in [-0.25, -0.2) is 8.91 Å². The third kappa shape index (κ3) is 5.56. The zero-order valence-electron chi connectivity index (χ0n) is 18.7. The lowest BCUT2D eigenvalue weighted by Crippen LogP contribution is -2.38. The minimum absolute atomic E-state index is 0.0752. The summed E-state index contributed by atoms with van der Waals surface area (Å²) >= 11 is 0. The van der Waals surface area contributed by atoms with Crippen LogP contribution in [0.15, 0.2) is 72.8 Å². The average molecular weight is 469 g/mol. The number of hydrogen-bond acceptors (Lipinski definition) is 6. The van der Waals surface area contributed by atoms with Crippen molar-refractivity contribution < 1.29 is 23.0 Å². The molecule has 7 nitrogen and oxygen atoms in total. The first kappa shape index (κ1) is 23.7. The summed E-state index contributed by atoms with van der Waals surface area (Å²) in [5, 5.41) is 3.70. The predicted molar refractivity (Wildman–Crippen MR) is 123 cm³/mol. The van der Waals surface area contributed by atoms with Crippen molar-refractivity contribution in [1.29, 1.82) is 0 Å². The molecule has 0 bridgehead atoms. The molecule has 0 radical (unpaired) electrons. The van der Waals surface area contributed by atoms with E-state index < -0.39 is 24.5 Å². The number of fused-ring (bicyclic) bond motifs is 1. The molecule has 0 aliphatic heterocycles. The molecule has 0 aliphatic rings. The molecule has 3 atom stereocenters. The summed E-state index contributed by atoms with van der Waals surface area (Å²) in [6, 6.07) is 22.1. The van der Waals surface area contributed by atoms with Crippen molar-refractivity contribution in [3.8, 4) is 0 Å². The maximum absolute atomic E-state index is 16.0. The van der Waals surface area contributed by atoms with Gasteiger partial charge in [-0.05, 0) is 23.3 Å². The fourth-order valence-corrected chi connectivity index (χ4v) is 3.70. The van der Waals surface area contributed by atoms with Crippen LogP contribution in [-0.4, -0.2) is 40.5 Å². The van der Waals surface area contributed by atoms with Crippen molar-refractivity contribution >= 4 is 11.3 Å². The number of rotatable bonds is 11. The summed E-state index contributed by atoms with van der Waals surface area (Å²) in [6.45, 7) is 0.575. The van der Waals surface area contributed by atoms with Crippen molar-refractivity contribution in [3.63, 3.8) is 0 Å². The van der Waals surface area contributed by atoms with Crippen LogP contribution >= 0.6 is 0 Å². The topological polar surface area (TPSA) is 83.9 Å². The molecule has 178 valence electrons. The number of nitrogens with two attached hydrogens (primary N) is 1. The molecule has 0 saturated heterocycles. The van der Waals surface area contributed by atoms with Crippen LogP contribution < -0.4 is 5.73 Å². The summed E-state index contributed by atoms with van der Waals surface area (Å²) in [6.07, 6.45) is -4.59. The number of nitrogen functional groups attached to an aromatic ring is 1. The van der Waals surface area contributed by atoms with Crippen LogP contribution in [0.25, 0.3) is 5.52 Å². The smallest absolute Gasteiger partial charge is 0.327 e. The zero-order chi connectivity index (χ0) is 23.9. The Labute approximate surface area is 196 Å². The first-order valence-corrected chi connectivity index (χ1v) is 10.8. The standard InChI is InChI=1S/C25H26F2N4O3/c1-32-21(16-33-14-17-8-4-2-5-9-17)23(34-15-18-10-6-3-7-11-18)22(26)19-12-13-20-24(28)29-25(27)30-31(19)20/h2-13,21-23H,14-16H2,1H3,(H2,28,29,30)/t21?,22-,23+/m0/s1. The molecule has 2 heterocycles. The maximum atomic E-state index is 16.0. The Hall–Kier alpha value is -3.40. The highest BCUT2D eigenvalue weighted by Gasteiger charge is 2.34. The largest absolute Gasteiger partial charge is 0.382 e. The number of halogens is 2. The Morgan fingerprint density at radius 3 is 2.24 bits per heavy atom. The normalized spacial score (nSPS) is 14.2. The highest BCUT2D eigenvalue weighted by atomic mass is 19.1. The fourth-order valence-electron chi connectivity index (χ4n) is 3.70. The Bertz CT molecular complexity index is 1190. The monoisotopic (exact) mass is 468 g/mol. The van der Waals surface area contributed by atoms with Gasteiger partial charge in [0.2, 0.25) is 0 Å². The van der Waals surface area contributed by atoms with Gasteiger partial charge in [-0.2, -0.15) is 9.37 Å². The SMILES string of the molecule is COC(COCc1ccccc1)[C@@H](OCc1ccccc1)[C@@H](F)c1ccc2c(N)nc(F)nn12. The van der Waals surface area contributed by atoms with Crippen molar-refractivity contribution in [2.75, 3.05) is 19.5 Å². The van der Waals surface area contributed by atoms with E-state index in [2.05, 4.69) is 10.1 Å². The van der Waals surface area contributed by atoms with E-state index in [0.29, 0.717) is 12.1 Å². The van der Waals surface area contributed by atoms with Crippen LogP contribution in [0.2, 0.25) is 0 Å². The minimum atomic E-state index is -1.72. The number of ether oxygens (including phenoxy) is 3. The summed E-state index contributed by atoms with van der Waals surface area (Å²) in [7, 11) is 1.47. The first-order chi connectivity index (χ1) is 16.6. The van der Waals surface area contributed by atoms with Crippen molar-refractivity contribution in [2.45, 2.75) is 31.6 Å². The van der Waals surface area contributed by atoms with Gasteiger partial charge in [-0.15, -0.1) is 5.10 Å². The molecule has 2 aromatic carbocycles. The van der Waals surface area contributed by atoms with Crippen molar-refractivity contribution in [2.24, 2.45) is 0 Å². The summed E-state index contributed by atoms with van der Waals surface area (Å²) in [4.78, 5) is 3.50. The van der Waals surface area contributed by atoms with Crippen LogP contribution in [0.3, 0.4) is 0 Å². The fraction of sp³-hybridized carbons (Fsp3) is 0.280. The minimum Gasteiger partial charge on any atom is -0.382 e. The van der Waals surface area contributed by atoms with Gasteiger partial charge < -0.3 is 19.9 Å². The molecule has 0 fully saturated rings. The number of anilines is 1. The number of aromatic nitrogens is 3. The number of methoxy groups -OCH3 is 1. The maximum Gasteiger partial charge on any atom is 0.327 e. The van der Waals surface area contributed by atoms with Gasteiger partial charge in [0.15, 0.2) is 12.0 Å². The average Bonchev–Trinajstić information content (AvgIpc) is 3.28. The Kier molecular flexibility index (Phi) is 7.79. The van der Waals surface area contributed by atoms with Crippen LogP contribution in [0.4, 0.5) is 14.6 Å². The van der Waals surface area contributed by atoms with E-state index in [9.17, 15) is 4.39 Å². The molecule has 9 heteroatoms. The van der Waals surface area contributed by atoms with Gasteiger partial charge in [-0.3, -0.25) is 0 Å². The molecule has 0 amide bonds. The lowest BCUT2D eigenvalue weighted by molar-refractivity contribution is -0.125. The molecule has 0 aliphatic carbocycles. The number of benzene rings is 2. The molecule has 0 spiro atoms. The second-order valence-electron chi connectivity index (χ2n) is 7.76. The van der Waals surface area contributed by atoms with Crippen LogP contribution in [0, 0.1) is 6.08 Å². The van der Waals surface area contributed by atoms with Gasteiger partial charge in [0.1, 0.15) is 17.7 Å². The lowest BCUT2D eigenvalue weighted by atomic mass is 10.1. The van der Waals surface area contributed by atoms with Gasteiger partial charge >= 0.3 is 6.08 Å². The summed E-state index contributed by atoms with van der Waals surface area (Å²) in [5.74, 6) is -0.0813. The van der Waals surface area contributed by atoms with E-state index in [0.717, 1.165) is 15.6 Å². The van der Waals surface area contributed by atoms with Crippen LogP contribution in [0.1, 0.15) is 23.0 Å². The highest BCUT2D eigenvalue weighted by Crippen LogP contribution is 2.30. The van der Waals surface area contributed by atoms with Crippen LogP contribution in [-0.2, 0) is 27.4 Å². The Balaban J connectivity index is 1.57. The molecule has 4 aromatic rings. The number of hydrogen-bond donors (Lipinski definition) is 1. The number of nitrogens with zero attached hydrogens (tertiary/aromatic N) is 3. The van der Waals surface area contributed by atoms with Crippen molar-refractivity contribution in [1.82, 2.24) is 14.6 Å². The van der Waals surface area contributed by atoms with Crippen LogP contribution in [0.5, 0.6) is 0 Å². The Morgan fingerprint density at radius 2 is 1.59 bits per heavy atom. The summed E-state index contributed by atoms with van der Waals surface area (Å²) < 4.78 is 48.4. The van der Waals surface area contributed by atoms with E-state index in [1.54, 1.807) is 6.07 Å². The first-order valence-electron chi connectivity index (χ1n) is 10.8. The molecular formula is C25H26F2N4O3. The third-order valence-corrected chi connectivity index (χ3v) is 5.46. The van der Waals surface area contributed by atoms with E-state index in [-0.39, 0.29) is 24.7 Å². The van der Waals surface area contributed by atoms with Gasteiger partial charge in [0.05, 0.1) is 25.5 Å². The second kappa shape index (κ2) is 11.1. The summed E-state index contributed by atoms with van der Waals surface area (Å²) in [5.41, 5.74) is 8.01. The van der Waals surface area contributed by atoms with E-state index >= 15 is 4.39 Å². The van der Waals surface area contributed by atoms with Gasteiger partial charge in [0.25, 0.3) is 0 Å².